The average molecular weight is 443 g/mol. The molecule has 1 aromatic carbocycles. The van der Waals surface area contributed by atoms with E-state index in [1.165, 1.54) is 0 Å². The van der Waals surface area contributed by atoms with Crippen LogP contribution in [-0.2, 0) is 14.4 Å². The van der Waals surface area contributed by atoms with E-state index < -0.39 is 5.54 Å². The van der Waals surface area contributed by atoms with Gasteiger partial charge in [0.1, 0.15) is 12.1 Å². The first kappa shape index (κ1) is 24.1. The molecule has 1 aromatic rings. The number of piperidine rings is 1. The molecule has 2 fully saturated rings. The van der Waals surface area contributed by atoms with Crippen molar-refractivity contribution in [3.8, 4) is 0 Å². The first-order valence-corrected chi connectivity index (χ1v) is 12.1. The molecule has 2 saturated heterocycles. The van der Waals surface area contributed by atoms with Crippen LogP contribution in [0.3, 0.4) is 0 Å². The van der Waals surface area contributed by atoms with Gasteiger partial charge in [0, 0.05) is 31.2 Å². The largest absolute Gasteiger partial charge is 0.352 e. The summed E-state index contributed by atoms with van der Waals surface area (Å²) in [6.07, 6.45) is 5.69. The van der Waals surface area contributed by atoms with Crippen molar-refractivity contribution in [2.75, 3.05) is 31.2 Å². The predicted octanol–water partition coefficient (Wildman–Crippen LogP) is 3.15. The summed E-state index contributed by atoms with van der Waals surface area (Å²) in [7, 11) is 0. The Labute approximate surface area is 192 Å². The molecule has 0 aromatic heterocycles. The highest BCUT2D eigenvalue weighted by Crippen LogP contribution is 2.39. The maximum absolute atomic E-state index is 13.6. The Morgan fingerprint density at radius 1 is 1.09 bits per heavy atom. The van der Waals surface area contributed by atoms with Gasteiger partial charge in [-0.25, -0.2) is 0 Å². The second-order valence-electron chi connectivity index (χ2n) is 9.15. The molecular formula is C25H38N4O3. The van der Waals surface area contributed by atoms with Gasteiger partial charge in [-0.2, -0.15) is 0 Å². The van der Waals surface area contributed by atoms with Crippen molar-refractivity contribution in [2.24, 2.45) is 0 Å². The Balaban J connectivity index is 1.74. The standard InChI is InChI=1S/C25H38N4O3/c1-4-6-8-13-23(31)27-16-14-25(15-17-27)24(32)28(18-22(30)26-20(3)5-2)19-29(25)21-11-9-7-10-12-21/h7,9-12,20H,4-6,8,13-19H2,1-3H3,(H,26,30). The average Bonchev–Trinajstić information content (AvgIpc) is 3.06. The molecule has 1 N–H and O–H groups in total. The fourth-order valence-electron chi connectivity index (χ4n) is 4.73. The molecule has 0 bridgehead atoms. The molecular weight excluding hydrogens is 404 g/mol. The third-order valence-electron chi connectivity index (χ3n) is 6.87. The predicted molar refractivity (Wildman–Crippen MR) is 126 cm³/mol. The minimum absolute atomic E-state index is 0.00117. The fraction of sp³-hybridized carbons (Fsp3) is 0.640. The summed E-state index contributed by atoms with van der Waals surface area (Å²) in [5.41, 5.74) is 0.284. The summed E-state index contributed by atoms with van der Waals surface area (Å²) in [5.74, 6) is 0.0647. The highest BCUT2D eigenvalue weighted by molar-refractivity contribution is 5.96. The molecule has 0 saturated carbocycles. The van der Waals surface area contributed by atoms with E-state index in [9.17, 15) is 14.4 Å². The van der Waals surface area contributed by atoms with Gasteiger partial charge >= 0.3 is 0 Å². The molecule has 1 atom stereocenters. The molecule has 2 aliphatic rings. The Morgan fingerprint density at radius 2 is 1.78 bits per heavy atom. The molecule has 0 radical (unpaired) electrons. The van der Waals surface area contributed by atoms with E-state index in [4.69, 9.17) is 0 Å². The molecule has 1 unspecified atom stereocenters. The number of amides is 3. The third-order valence-corrected chi connectivity index (χ3v) is 6.87. The Bertz CT molecular complexity index is 790. The van der Waals surface area contributed by atoms with Gasteiger partial charge in [0.2, 0.25) is 11.8 Å². The van der Waals surface area contributed by atoms with E-state index in [0.29, 0.717) is 39.0 Å². The molecule has 32 heavy (non-hydrogen) atoms. The third kappa shape index (κ3) is 5.25. The van der Waals surface area contributed by atoms with Crippen molar-refractivity contribution < 1.29 is 14.4 Å². The number of unbranched alkanes of at least 4 members (excludes halogenated alkanes) is 2. The van der Waals surface area contributed by atoms with Gasteiger partial charge in [0.05, 0.1) is 6.67 Å². The zero-order valence-electron chi connectivity index (χ0n) is 19.8. The van der Waals surface area contributed by atoms with Crippen LogP contribution in [0.2, 0.25) is 0 Å². The van der Waals surface area contributed by atoms with E-state index in [0.717, 1.165) is 31.4 Å². The number of anilines is 1. The van der Waals surface area contributed by atoms with Gasteiger partial charge in [0.15, 0.2) is 0 Å². The minimum atomic E-state index is -0.696. The monoisotopic (exact) mass is 442 g/mol. The summed E-state index contributed by atoms with van der Waals surface area (Å²) >= 11 is 0. The van der Waals surface area contributed by atoms with E-state index in [-0.39, 0.29) is 30.3 Å². The SMILES string of the molecule is CCCCCC(=O)N1CCC2(CC1)C(=O)N(CC(=O)NC(C)CC)CN2c1ccccc1. The Kier molecular flexibility index (Phi) is 8.15. The van der Waals surface area contributed by atoms with Crippen LogP contribution in [0.4, 0.5) is 5.69 Å². The van der Waals surface area contributed by atoms with Crippen molar-refractivity contribution in [2.45, 2.75) is 77.3 Å². The zero-order chi connectivity index (χ0) is 23.1. The highest BCUT2D eigenvalue weighted by Gasteiger charge is 2.54. The molecule has 2 aliphatic heterocycles. The number of hydrogen-bond donors (Lipinski definition) is 1. The van der Waals surface area contributed by atoms with Crippen LogP contribution in [0, 0.1) is 0 Å². The number of para-hydroxylation sites is 1. The van der Waals surface area contributed by atoms with E-state index in [1.807, 2.05) is 49.1 Å². The number of carbonyl (C=O) groups is 3. The van der Waals surface area contributed by atoms with Crippen LogP contribution < -0.4 is 10.2 Å². The minimum Gasteiger partial charge on any atom is -0.352 e. The zero-order valence-corrected chi connectivity index (χ0v) is 19.8. The molecule has 176 valence electrons. The number of likely N-dealkylation sites (tertiary alicyclic amines) is 1. The summed E-state index contributed by atoms with van der Waals surface area (Å²) in [5, 5.41) is 2.97. The molecule has 7 nitrogen and oxygen atoms in total. The second-order valence-corrected chi connectivity index (χ2v) is 9.15. The number of hydrogen-bond acceptors (Lipinski definition) is 4. The van der Waals surface area contributed by atoms with Crippen molar-refractivity contribution in [3.63, 3.8) is 0 Å². The smallest absolute Gasteiger partial charge is 0.250 e. The van der Waals surface area contributed by atoms with Crippen molar-refractivity contribution in [1.82, 2.24) is 15.1 Å². The van der Waals surface area contributed by atoms with Crippen molar-refractivity contribution in [3.05, 3.63) is 30.3 Å². The molecule has 3 amide bonds. The van der Waals surface area contributed by atoms with Gasteiger partial charge in [0.25, 0.3) is 5.91 Å². The van der Waals surface area contributed by atoms with E-state index in [2.05, 4.69) is 17.1 Å². The van der Waals surface area contributed by atoms with Crippen LogP contribution >= 0.6 is 0 Å². The number of rotatable bonds is 9. The van der Waals surface area contributed by atoms with E-state index in [1.54, 1.807) is 4.90 Å². The lowest BCUT2D eigenvalue weighted by Crippen LogP contribution is -2.57. The first-order chi connectivity index (χ1) is 15.4. The van der Waals surface area contributed by atoms with Crippen LogP contribution in [0.15, 0.2) is 30.3 Å². The summed E-state index contributed by atoms with van der Waals surface area (Å²) in [6, 6.07) is 10.0. The summed E-state index contributed by atoms with van der Waals surface area (Å²) < 4.78 is 0. The van der Waals surface area contributed by atoms with Crippen LogP contribution in [0.1, 0.15) is 65.7 Å². The molecule has 7 heteroatoms. The normalized spacial score (nSPS) is 18.8. The lowest BCUT2D eigenvalue weighted by Gasteiger charge is -2.43. The molecule has 2 heterocycles. The molecule has 0 aliphatic carbocycles. The van der Waals surface area contributed by atoms with Gasteiger partial charge in [-0.15, -0.1) is 0 Å². The van der Waals surface area contributed by atoms with Gasteiger partial charge in [-0.05, 0) is 44.7 Å². The highest BCUT2D eigenvalue weighted by atomic mass is 16.2. The fourth-order valence-corrected chi connectivity index (χ4v) is 4.73. The lowest BCUT2D eigenvalue weighted by atomic mass is 9.85. The number of carbonyl (C=O) groups excluding carboxylic acids is 3. The quantitative estimate of drug-likeness (QED) is 0.597. The van der Waals surface area contributed by atoms with Crippen LogP contribution in [-0.4, -0.2) is 65.4 Å². The number of nitrogens with one attached hydrogen (secondary N) is 1. The van der Waals surface area contributed by atoms with Crippen molar-refractivity contribution >= 4 is 23.4 Å². The lowest BCUT2D eigenvalue weighted by molar-refractivity contribution is -0.140. The number of nitrogens with zero attached hydrogens (tertiary/aromatic N) is 3. The molecule has 3 rings (SSSR count). The van der Waals surface area contributed by atoms with Crippen LogP contribution in [0.25, 0.3) is 0 Å². The summed E-state index contributed by atoms with van der Waals surface area (Å²) in [4.78, 5) is 44.5. The Hall–Kier alpha value is -2.57. The van der Waals surface area contributed by atoms with Gasteiger partial charge < -0.3 is 20.0 Å². The first-order valence-electron chi connectivity index (χ1n) is 12.1. The van der Waals surface area contributed by atoms with Crippen LogP contribution in [0.5, 0.6) is 0 Å². The second kappa shape index (κ2) is 10.8. The van der Waals surface area contributed by atoms with E-state index >= 15 is 0 Å². The maximum Gasteiger partial charge on any atom is 0.250 e. The molecule has 1 spiro atoms. The number of benzene rings is 1. The van der Waals surface area contributed by atoms with Gasteiger partial charge in [-0.3, -0.25) is 14.4 Å². The Morgan fingerprint density at radius 3 is 2.41 bits per heavy atom. The van der Waals surface area contributed by atoms with Gasteiger partial charge in [-0.1, -0.05) is 44.9 Å². The maximum atomic E-state index is 13.6. The topological polar surface area (TPSA) is 73.0 Å². The summed E-state index contributed by atoms with van der Waals surface area (Å²) in [6.45, 7) is 7.73. The van der Waals surface area contributed by atoms with Crippen molar-refractivity contribution in [1.29, 1.82) is 0 Å².